The summed E-state index contributed by atoms with van der Waals surface area (Å²) in [5.41, 5.74) is 6.56. The number of ether oxygens (including phenoxy) is 2. The van der Waals surface area contributed by atoms with E-state index >= 15 is 0 Å². The molecule has 3 unspecified atom stereocenters. The van der Waals surface area contributed by atoms with Crippen molar-refractivity contribution in [3.63, 3.8) is 0 Å². The van der Waals surface area contributed by atoms with Gasteiger partial charge in [0.25, 0.3) is 0 Å². The molecule has 2 amide bonds. The Balaban J connectivity index is 0.814. The lowest BCUT2D eigenvalue weighted by atomic mass is 9.98. The Hall–Kier alpha value is -5.90. The van der Waals surface area contributed by atoms with E-state index in [1.54, 1.807) is 0 Å². The van der Waals surface area contributed by atoms with Crippen molar-refractivity contribution in [2.75, 3.05) is 0 Å². The molecule has 278 valence electrons. The molecule has 4 aromatic carbocycles. The lowest BCUT2D eigenvalue weighted by molar-refractivity contribution is 0.0175. The average Bonchev–Trinajstić information content (AvgIpc) is 3.77. The van der Waals surface area contributed by atoms with E-state index in [0.29, 0.717) is 11.8 Å². The third-order valence-corrected chi connectivity index (χ3v) is 11.7. The number of aromatic amines is 2. The summed E-state index contributed by atoms with van der Waals surface area (Å²) in [7, 11) is 0. The van der Waals surface area contributed by atoms with Gasteiger partial charge in [-0.2, -0.15) is 0 Å². The highest BCUT2D eigenvalue weighted by Crippen LogP contribution is 2.54. The van der Waals surface area contributed by atoms with Crippen LogP contribution in [0.1, 0.15) is 75.8 Å². The van der Waals surface area contributed by atoms with Crippen LogP contribution in [0.4, 0.5) is 9.59 Å². The zero-order valence-electron chi connectivity index (χ0n) is 31.2. The topological polar surface area (TPSA) is 116 Å². The molecule has 0 radical (unpaired) electrons. The fourth-order valence-corrected chi connectivity index (χ4v) is 8.77. The number of amides is 2. The van der Waals surface area contributed by atoms with Crippen LogP contribution in [0.2, 0.25) is 0 Å². The number of hydrogen-bond donors (Lipinski definition) is 2. The first kappa shape index (κ1) is 33.7. The SMILES string of the molecule is CC(C)(C)OC(=O)N1[C@@H]2C[C@@H]2C[C@H]1c1nc(-c2ccc3cc(-c4ccc(-c5cnc(C6CC7CC7N6C(=O)OCc6ccccc6)[nH]5)cc4)ccc3c2)c[nH]1. The summed E-state index contributed by atoms with van der Waals surface area (Å²) in [6, 6.07) is 31.6. The molecule has 2 aromatic heterocycles. The van der Waals surface area contributed by atoms with Gasteiger partial charge in [-0.25, -0.2) is 19.6 Å². The molecule has 2 N–H and O–H groups in total. The van der Waals surface area contributed by atoms with Crippen LogP contribution in [-0.2, 0) is 16.1 Å². The van der Waals surface area contributed by atoms with Crippen molar-refractivity contribution in [1.82, 2.24) is 29.7 Å². The summed E-state index contributed by atoms with van der Waals surface area (Å²) < 4.78 is 11.5. The van der Waals surface area contributed by atoms with Crippen molar-refractivity contribution in [2.24, 2.45) is 11.8 Å². The summed E-state index contributed by atoms with van der Waals surface area (Å²) in [4.78, 5) is 46.7. The Morgan fingerprint density at radius 3 is 2.05 bits per heavy atom. The lowest BCUT2D eigenvalue weighted by Crippen LogP contribution is -2.38. The summed E-state index contributed by atoms with van der Waals surface area (Å²) in [5.74, 6) is 2.66. The smallest absolute Gasteiger partial charge is 0.411 e. The van der Waals surface area contributed by atoms with Crippen LogP contribution >= 0.6 is 0 Å². The molecule has 10 heteroatoms. The second-order valence-electron chi connectivity index (χ2n) is 16.7. The Kier molecular flexibility index (Phi) is 7.87. The van der Waals surface area contributed by atoms with E-state index in [2.05, 4.69) is 70.6 Å². The van der Waals surface area contributed by atoms with Crippen molar-refractivity contribution in [1.29, 1.82) is 0 Å². The molecule has 2 aliphatic carbocycles. The molecule has 4 aliphatic rings. The molecule has 0 bridgehead atoms. The molecule has 2 aliphatic heterocycles. The van der Waals surface area contributed by atoms with Crippen LogP contribution < -0.4 is 0 Å². The minimum atomic E-state index is -0.537. The maximum atomic E-state index is 13.2. The molecule has 6 aromatic rings. The highest BCUT2D eigenvalue weighted by Gasteiger charge is 2.57. The van der Waals surface area contributed by atoms with Crippen LogP contribution in [0, 0.1) is 11.8 Å². The maximum absolute atomic E-state index is 13.2. The number of carbonyl (C=O) groups excluding carboxylic acids is 2. The number of likely N-dealkylation sites (tertiary alicyclic amines) is 2. The van der Waals surface area contributed by atoms with Crippen molar-refractivity contribution >= 4 is 23.0 Å². The van der Waals surface area contributed by atoms with Crippen LogP contribution in [-0.4, -0.2) is 59.6 Å². The van der Waals surface area contributed by atoms with E-state index in [4.69, 9.17) is 19.4 Å². The Labute approximate surface area is 319 Å². The van der Waals surface area contributed by atoms with E-state index in [-0.39, 0.29) is 43.0 Å². The highest BCUT2D eigenvalue weighted by molar-refractivity contribution is 5.90. The number of benzene rings is 4. The third kappa shape index (κ3) is 6.43. The fourth-order valence-electron chi connectivity index (χ4n) is 8.77. The molecule has 10 rings (SSSR count). The predicted molar refractivity (Wildman–Crippen MR) is 210 cm³/mol. The quantitative estimate of drug-likeness (QED) is 0.169. The molecule has 6 atom stereocenters. The largest absolute Gasteiger partial charge is 0.445 e. The number of carbonyl (C=O) groups is 2. The van der Waals surface area contributed by atoms with Gasteiger partial charge >= 0.3 is 12.2 Å². The minimum absolute atomic E-state index is 0.0960. The second-order valence-corrected chi connectivity index (χ2v) is 16.7. The molecule has 10 nitrogen and oxygen atoms in total. The predicted octanol–water partition coefficient (Wildman–Crippen LogP) is 9.83. The van der Waals surface area contributed by atoms with Gasteiger partial charge in [-0.3, -0.25) is 9.80 Å². The summed E-state index contributed by atoms with van der Waals surface area (Å²) in [5, 5.41) is 2.28. The molecule has 0 spiro atoms. The fraction of sp³-hybridized carbons (Fsp3) is 0.333. The third-order valence-electron chi connectivity index (χ3n) is 11.7. The van der Waals surface area contributed by atoms with Gasteiger partial charge in [0.2, 0.25) is 0 Å². The number of H-pyrrole nitrogens is 2. The standard InChI is InChI=1S/C45H44N6O4/c1-45(2,3)55-44(53)51-38-20-34(38)22-40(51)42-47-24-36(49-42)32-16-15-30-17-29(13-14-31(30)18-32)27-9-11-28(12-10-27)35-23-46-41(48-35)39-21-33-19-37(33)50(39)43(52)54-25-26-7-5-4-6-8-26/h4-18,23-24,33-34,37-40H,19-22,25H2,1-3H3,(H,46,48)(H,47,49)/t33?,34-,37?,38-,39?,40+/m1/s1. The number of imidazole rings is 2. The van der Waals surface area contributed by atoms with Gasteiger partial charge in [-0.05, 0) is 103 Å². The molecular weight excluding hydrogens is 689 g/mol. The summed E-state index contributed by atoms with van der Waals surface area (Å²) in [6.07, 6.45) is 7.17. The van der Waals surface area contributed by atoms with E-state index in [0.717, 1.165) is 87.3 Å². The normalized spacial score (nSPS) is 23.8. The monoisotopic (exact) mass is 732 g/mol. The van der Waals surface area contributed by atoms with Crippen molar-refractivity contribution in [3.8, 4) is 33.6 Å². The first-order chi connectivity index (χ1) is 26.6. The Morgan fingerprint density at radius 1 is 0.727 bits per heavy atom. The molecule has 4 heterocycles. The van der Waals surface area contributed by atoms with Gasteiger partial charge in [-0.15, -0.1) is 0 Å². The second kappa shape index (κ2) is 12.9. The van der Waals surface area contributed by atoms with Crippen molar-refractivity contribution in [2.45, 2.75) is 82.8 Å². The van der Waals surface area contributed by atoms with Gasteiger partial charge in [0.05, 0.1) is 29.7 Å². The zero-order valence-corrected chi connectivity index (χ0v) is 31.2. The van der Waals surface area contributed by atoms with Crippen LogP contribution in [0.15, 0.2) is 103 Å². The van der Waals surface area contributed by atoms with Crippen LogP contribution in [0.3, 0.4) is 0 Å². The number of hydrogen-bond acceptors (Lipinski definition) is 6. The number of nitrogens with one attached hydrogen (secondary N) is 2. The van der Waals surface area contributed by atoms with Crippen molar-refractivity contribution in [3.05, 3.63) is 121 Å². The first-order valence-electron chi connectivity index (χ1n) is 19.4. The lowest BCUT2D eigenvalue weighted by Gasteiger charge is -2.29. The van der Waals surface area contributed by atoms with Crippen LogP contribution in [0.5, 0.6) is 0 Å². The molecular formula is C45H44N6O4. The summed E-state index contributed by atoms with van der Waals surface area (Å²) in [6.45, 7) is 5.98. The van der Waals surface area contributed by atoms with Crippen molar-refractivity contribution < 1.29 is 19.1 Å². The number of fused-ring (bicyclic) bond motifs is 3. The van der Waals surface area contributed by atoms with Crippen LogP contribution in [0.25, 0.3) is 44.4 Å². The van der Waals surface area contributed by atoms with Gasteiger partial charge < -0.3 is 19.4 Å². The molecule has 2 saturated carbocycles. The van der Waals surface area contributed by atoms with E-state index in [9.17, 15) is 9.59 Å². The molecule has 4 fully saturated rings. The van der Waals surface area contributed by atoms with Gasteiger partial charge in [0, 0.05) is 23.8 Å². The number of rotatable bonds is 7. The first-order valence-corrected chi connectivity index (χ1v) is 19.4. The average molecular weight is 733 g/mol. The van der Waals surface area contributed by atoms with E-state index in [1.807, 2.05) is 73.3 Å². The van der Waals surface area contributed by atoms with Gasteiger partial charge in [-0.1, -0.05) is 78.9 Å². The number of aromatic nitrogens is 4. The number of nitrogens with zero attached hydrogens (tertiary/aromatic N) is 4. The summed E-state index contributed by atoms with van der Waals surface area (Å²) >= 11 is 0. The Morgan fingerprint density at radius 2 is 1.35 bits per heavy atom. The highest BCUT2D eigenvalue weighted by atomic mass is 16.6. The number of piperidine rings is 2. The van der Waals surface area contributed by atoms with Gasteiger partial charge in [0.15, 0.2) is 0 Å². The maximum Gasteiger partial charge on any atom is 0.411 e. The van der Waals surface area contributed by atoms with Gasteiger partial charge in [0.1, 0.15) is 23.9 Å². The van der Waals surface area contributed by atoms with E-state index in [1.165, 1.54) is 0 Å². The minimum Gasteiger partial charge on any atom is -0.445 e. The zero-order chi connectivity index (χ0) is 37.4. The Bertz CT molecular complexity index is 2410. The molecule has 55 heavy (non-hydrogen) atoms. The molecule has 2 saturated heterocycles. The van der Waals surface area contributed by atoms with E-state index < -0.39 is 5.60 Å².